The molecule has 1 aliphatic heterocycles. The molecule has 1 aromatic heterocycles. The molecule has 1 fully saturated rings. The fourth-order valence-corrected chi connectivity index (χ4v) is 1.89. The molecular formula is C10H12N4O3. The SMILES string of the molecule is N#Cc1cnn(CCO)c1N1CC(O)CC1=O. The highest BCUT2D eigenvalue weighted by Gasteiger charge is 2.32. The Kier molecular flexibility index (Phi) is 3.08. The fraction of sp³-hybridized carbons (Fsp3) is 0.500. The van der Waals surface area contributed by atoms with Crippen molar-refractivity contribution in [3.8, 4) is 6.07 Å². The number of aliphatic hydroxyl groups is 2. The minimum absolute atomic E-state index is 0.0508. The highest BCUT2D eigenvalue weighted by Crippen LogP contribution is 2.25. The first kappa shape index (κ1) is 11.6. The number of rotatable bonds is 3. The van der Waals surface area contributed by atoms with E-state index in [2.05, 4.69) is 5.10 Å². The highest BCUT2D eigenvalue weighted by molar-refractivity contribution is 5.96. The van der Waals surface area contributed by atoms with Crippen LogP contribution in [0.2, 0.25) is 0 Å². The zero-order chi connectivity index (χ0) is 12.4. The summed E-state index contributed by atoms with van der Waals surface area (Å²) in [6.45, 7) is 0.228. The largest absolute Gasteiger partial charge is 0.394 e. The number of nitriles is 1. The first-order chi connectivity index (χ1) is 8.17. The highest BCUT2D eigenvalue weighted by atomic mass is 16.3. The van der Waals surface area contributed by atoms with Crippen LogP contribution in [0, 0.1) is 11.3 Å². The molecule has 1 amide bonds. The van der Waals surface area contributed by atoms with Gasteiger partial charge in [0.05, 0.1) is 38.4 Å². The summed E-state index contributed by atoms with van der Waals surface area (Å²) in [5.74, 6) is 0.108. The van der Waals surface area contributed by atoms with Gasteiger partial charge in [-0.05, 0) is 0 Å². The number of aliphatic hydroxyl groups excluding tert-OH is 2. The van der Waals surface area contributed by atoms with Gasteiger partial charge in [0, 0.05) is 0 Å². The maximum absolute atomic E-state index is 11.7. The molecule has 0 aliphatic carbocycles. The molecule has 1 atom stereocenters. The number of β-amino-alcohol motifs (C(OH)–C–C–N with tert-alkyl or cyclic N) is 1. The van der Waals surface area contributed by atoms with Gasteiger partial charge in [-0.2, -0.15) is 10.4 Å². The smallest absolute Gasteiger partial charge is 0.230 e. The number of carbonyl (C=O) groups excluding carboxylic acids is 1. The molecule has 7 nitrogen and oxygen atoms in total. The minimum Gasteiger partial charge on any atom is -0.394 e. The molecule has 1 aliphatic rings. The van der Waals surface area contributed by atoms with Gasteiger partial charge >= 0.3 is 0 Å². The first-order valence-corrected chi connectivity index (χ1v) is 5.22. The van der Waals surface area contributed by atoms with Crippen molar-refractivity contribution in [1.29, 1.82) is 5.26 Å². The van der Waals surface area contributed by atoms with Crippen molar-refractivity contribution in [2.24, 2.45) is 0 Å². The molecule has 7 heteroatoms. The average molecular weight is 236 g/mol. The molecule has 90 valence electrons. The van der Waals surface area contributed by atoms with Crippen LogP contribution in [-0.2, 0) is 11.3 Å². The van der Waals surface area contributed by atoms with E-state index < -0.39 is 6.10 Å². The number of hydrogen-bond acceptors (Lipinski definition) is 5. The van der Waals surface area contributed by atoms with Crippen molar-refractivity contribution >= 4 is 11.7 Å². The Morgan fingerprint density at radius 1 is 1.65 bits per heavy atom. The molecule has 1 saturated heterocycles. The van der Waals surface area contributed by atoms with Gasteiger partial charge < -0.3 is 10.2 Å². The quantitative estimate of drug-likeness (QED) is 0.689. The Bertz CT molecular complexity index is 476. The van der Waals surface area contributed by atoms with E-state index in [4.69, 9.17) is 10.4 Å². The van der Waals surface area contributed by atoms with Crippen LogP contribution in [0.25, 0.3) is 0 Å². The standard InChI is InChI=1S/C10H12N4O3/c11-4-7-5-12-14(1-2-15)10(7)13-6-8(16)3-9(13)17/h5,8,15-16H,1-3,6H2. The normalized spacial score (nSPS) is 19.7. The fourth-order valence-electron chi connectivity index (χ4n) is 1.89. The monoisotopic (exact) mass is 236 g/mol. The molecule has 1 aromatic rings. The Labute approximate surface area is 97.5 Å². The summed E-state index contributed by atoms with van der Waals surface area (Å²) in [5, 5.41) is 31.2. The molecule has 2 heterocycles. The zero-order valence-electron chi connectivity index (χ0n) is 9.07. The lowest BCUT2D eigenvalue weighted by atomic mass is 10.3. The van der Waals surface area contributed by atoms with Crippen LogP contribution in [0.4, 0.5) is 5.82 Å². The number of nitrogens with zero attached hydrogens (tertiary/aromatic N) is 4. The van der Waals surface area contributed by atoms with E-state index in [0.29, 0.717) is 5.82 Å². The molecule has 2 rings (SSSR count). The second-order valence-electron chi connectivity index (χ2n) is 3.80. The van der Waals surface area contributed by atoms with Crippen molar-refractivity contribution in [1.82, 2.24) is 9.78 Å². The van der Waals surface area contributed by atoms with E-state index in [1.54, 1.807) is 0 Å². The van der Waals surface area contributed by atoms with Gasteiger partial charge in [-0.25, -0.2) is 4.68 Å². The third-order valence-corrected chi connectivity index (χ3v) is 2.60. The lowest BCUT2D eigenvalue weighted by molar-refractivity contribution is -0.117. The summed E-state index contributed by atoms with van der Waals surface area (Å²) in [6, 6.07) is 1.95. The van der Waals surface area contributed by atoms with Gasteiger partial charge in [0.25, 0.3) is 0 Å². The zero-order valence-corrected chi connectivity index (χ0v) is 9.07. The van der Waals surface area contributed by atoms with Gasteiger partial charge in [-0.1, -0.05) is 0 Å². The van der Waals surface area contributed by atoms with Crippen LogP contribution >= 0.6 is 0 Å². The van der Waals surface area contributed by atoms with Crippen molar-refractivity contribution < 1.29 is 15.0 Å². The molecule has 2 N–H and O–H groups in total. The topological polar surface area (TPSA) is 102 Å². The maximum atomic E-state index is 11.7. The van der Waals surface area contributed by atoms with Crippen molar-refractivity contribution in [2.45, 2.75) is 19.1 Å². The van der Waals surface area contributed by atoms with E-state index in [0.717, 1.165) is 0 Å². The maximum Gasteiger partial charge on any atom is 0.230 e. The van der Waals surface area contributed by atoms with Crippen molar-refractivity contribution in [3.63, 3.8) is 0 Å². The Morgan fingerprint density at radius 3 is 2.94 bits per heavy atom. The summed E-state index contributed by atoms with van der Waals surface area (Å²) in [4.78, 5) is 13.0. The van der Waals surface area contributed by atoms with E-state index in [-0.39, 0.29) is 37.6 Å². The number of amides is 1. The third kappa shape index (κ3) is 2.00. The Balaban J connectivity index is 2.39. The summed E-state index contributed by atoms with van der Waals surface area (Å²) >= 11 is 0. The van der Waals surface area contributed by atoms with Gasteiger partial charge in [-0.3, -0.25) is 9.69 Å². The number of carbonyl (C=O) groups is 1. The van der Waals surface area contributed by atoms with Crippen LogP contribution in [-0.4, -0.2) is 45.2 Å². The van der Waals surface area contributed by atoms with Gasteiger partial charge in [0.1, 0.15) is 11.6 Å². The second-order valence-corrected chi connectivity index (χ2v) is 3.80. The Hall–Kier alpha value is -1.91. The van der Waals surface area contributed by atoms with Gasteiger partial charge in [0.15, 0.2) is 5.82 Å². The van der Waals surface area contributed by atoms with Gasteiger partial charge in [-0.15, -0.1) is 0 Å². The summed E-state index contributed by atoms with van der Waals surface area (Å²) in [7, 11) is 0. The van der Waals surface area contributed by atoms with Crippen LogP contribution in [0.5, 0.6) is 0 Å². The number of hydrogen-bond donors (Lipinski definition) is 2. The number of anilines is 1. The molecule has 0 bridgehead atoms. The van der Waals surface area contributed by atoms with Crippen molar-refractivity contribution in [2.75, 3.05) is 18.1 Å². The minimum atomic E-state index is -0.716. The molecule has 0 saturated carbocycles. The summed E-state index contributed by atoms with van der Waals surface area (Å²) < 4.78 is 1.40. The lowest BCUT2D eigenvalue weighted by Gasteiger charge is -2.17. The van der Waals surface area contributed by atoms with Crippen LogP contribution in [0.15, 0.2) is 6.20 Å². The van der Waals surface area contributed by atoms with Gasteiger partial charge in [0.2, 0.25) is 5.91 Å². The molecular weight excluding hydrogens is 224 g/mol. The van der Waals surface area contributed by atoms with E-state index in [1.807, 2.05) is 6.07 Å². The van der Waals surface area contributed by atoms with E-state index >= 15 is 0 Å². The van der Waals surface area contributed by atoms with Crippen LogP contribution in [0.1, 0.15) is 12.0 Å². The molecule has 17 heavy (non-hydrogen) atoms. The third-order valence-electron chi connectivity index (χ3n) is 2.60. The van der Waals surface area contributed by atoms with Crippen LogP contribution in [0.3, 0.4) is 0 Å². The molecule has 0 aromatic carbocycles. The van der Waals surface area contributed by atoms with Crippen LogP contribution < -0.4 is 4.90 Å². The van der Waals surface area contributed by atoms with E-state index in [9.17, 15) is 9.90 Å². The first-order valence-electron chi connectivity index (χ1n) is 5.22. The molecule has 0 radical (unpaired) electrons. The van der Waals surface area contributed by atoms with Crippen molar-refractivity contribution in [3.05, 3.63) is 11.8 Å². The predicted molar refractivity (Wildman–Crippen MR) is 57.0 cm³/mol. The molecule has 1 unspecified atom stereocenters. The van der Waals surface area contributed by atoms with E-state index in [1.165, 1.54) is 15.8 Å². The predicted octanol–water partition coefficient (Wildman–Crippen LogP) is -1.16. The lowest BCUT2D eigenvalue weighted by Crippen LogP contribution is -2.29. The number of aromatic nitrogens is 2. The Morgan fingerprint density at radius 2 is 2.41 bits per heavy atom. The molecule has 0 spiro atoms. The summed E-state index contributed by atoms with van der Waals surface area (Å²) in [6.07, 6.45) is 0.685. The summed E-state index contributed by atoms with van der Waals surface area (Å²) in [5.41, 5.74) is 0.265. The second kappa shape index (κ2) is 4.53. The average Bonchev–Trinajstić information content (AvgIpc) is 2.82.